The Bertz CT molecular complexity index is 503. The molecule has 1 atom stereocenters. The topological polar surface area (TPSA) is 30.9 Å². The van der Waals surface area contributed by atoms with Crippen molar-refractivity contribution in [3.8, 4) is 0 Å². The maximum absolute atomic E-state index is 13.3. The second-order valence-corrected chi connectivity index (χ2v) is 6.18. The van der Waals surface area contributed by atoms with E-state index in [1.54, 1.807) is 19.2 Å². The molecule has 0 radical (unpaired) electrons. The van der Waals surface area contributed by atoms with Gasteiger partial charge in [0.1, 0.15) is 5.82 Å². The molecular weight excluding hydrogens is 279 g/mol. The molecule has 22 heavy (non-hydrogen) atoms. The van der Waals surface area contributed by atoms with Gasteiger partial charge in [0.2, 0.25) is 0 Å². The predicted octanol–water partition coefficient (Wildman–Crippen LogP) is 2.17. The number of benzene rings is 1. The summed E-state index contributed by atoms with van der Waals surface area (Å²) in [6.07, 6.45) is 2.53. The Morgan fingerprint density at radius 2 is 2.32 bits per heavy atom. The van der Waals surface area contributed by atoms with E-state index in [0.717, 1.165) is 24.6 Å². The normalized spacial score (nSPS) is 20.0. The molecule has 1 aromatic carbocycles. The van der Waals surface area contributed by atoms with E-state index in [4.69, 9.17) is 0 Å². The third kappa shape index (κ3) is 4.98. The summed E-state index contributed by atoms with van der Waals surface area (Å²) in [7, 11) is 5.95. The highest BCUT2D eigenvalue weighted by atomic mass is 19.1. The highest BCUT2D eigenvalue weighted by Gasteiger charge is 2.18. The molecule has 1 N–H and O–H groups in total. The summed E-state index contributed by atoms with van der Waals surface area (Å²) in [6, 6.07) is 6.71. The fraction of sp³-hybridized carbons (Fsp3) is 0.588. The van der Waals surface area contributed by atoms with Gasteiger partial charge in [-0.15, -0.1) is 0 Å². The first kappa shape index (κ1) is 16.7. The van der Waals surface area contributed by atoms with Gasteiger partial charge in [-0.2, -0.15) is 0 Å². The molecule has 1 aliphatic heterocycles. The number of rotatable bonds is 4. The molecule has 1 fully saturated rings. The molecule has 0 aliphatic carbocycles. The number of hydrogen-bond acceptors (Lipinski definition) is 2. The number of piperidine rings is 1. The monoisotopic (exact) mass is 306 g/mol. The minimum Gasteiger partial charge on any atom is -0.356 e. The number of likely N-dealkylation sites (tertiary alicyclic amines) is 1. The van der Waals surface area contributed by atoms with E-state index in [0.29, 0.717) is 12.5 Å². The van der Waals surface area contributed by atoms with E-state index in [-0.39, 0.29) is 5.82 Å². The van der Waals surface area contributed by atoms with Gasteiger partial charge in [0.25, 0.3) is 0 Å². The van der Waals surface area contributed by atoms with E-state index in [9.17, 15) is 4.39 Å². The lowest BCUT2D eigenvalue weighted by atomic mass is 9.98. The number of nitrogens with zero attached hydrogens (tertiary/aromatic N) is 3. The largest absolute Gasteiger partial charge is 0.356 e. The Balaban J connectivity index is 1.85. The quantitative estimate of drug-likeness (QED) is 0.683. The minimum absolute atomic E-state index is 0.195. The fourth-order valence-corrected chi connectivity index (χ4v) is 3.04. The van der Waals surface area contributed by atoms with Crippen LogP contribution in [0.25, 0.3) is 0 Å². The molecule has 122 valence electrons. The Hall–Kier alpha value is -1.62. The van der Waals surface area contributed by atoms with Gasteiger partial charge in [0, 0.05) is 33.7 Å². The summed E-state index contributed by atoms with van der Waals surface area (Å²) in [5.74, 6) is 1.33. The van der Waals surface area contributed by atoms with Gasteiger partial charge in [-0.3, -0.25) is 4.99 Å². The van der Waals surface area contributed by atoms with Crippen molar-refractivity contribution in [2.24, 2.45) is 10.9 Å². The van der Waals surface area contributed by atoms with Gasteiger partial charge in [-0.05, 0) is 50.0 Å². The first-order valence-electron chi connectivity index (χ1n) is 7.93. The zero-order chi connectivity index (χ0) is 15.9. The van der Waals surface area contributed by atoms with Crippen molar-refractivity contribution in [3.05, 3.63) is 35.6 Å². The second kappa shape index (κ2) is 8.13. The lowest BCUT2D eigenvalue weighted by Gasteiger charge is -2.31. The van der Waals surface area contributed by atoms with Crippen molar-refractivity contribution in [2.45, 2.75) is 19.4 Å². The van der Waals surface area contributed by atoms with E-state index >= 15 is 0 Å². The fourth-order valence-electron chi connectivity index (χ4n) is 3.04. The predicted molar refractivity (Wildman–Crippen MR) is 89.4 cm³/mol. The lowest BCUT2D eigenvalue weighted by Crippen LogP contribution is -2.44. The molecule has 0 aromatic heterocycles. The van der Waals surface area contributed by atoms with Crippen LogP contribution in [0.3, 0.4) is 0 Å². The van der Waals surface area contributed by atoms with Crippen LogP contribution >= 0.6 is 0 Å². The number of guanidine groups is 1. The summed E-state index contributed by atoms with van der Waals surface area (Å²) in [5, 5.41) is 3.45. The molecule has 1 aromatic rings. The van der Waals surface area contributed by atoms with Gasteiger partial charge >= 0.3 is 0 Å². The molecule has 0 bridgehead atoms. The van der Waals surface area contributed by atoms with Crippen molar-refractivity contribution in [2.75, 3.05) is 40.8 Å². The lowest BCUT2D eigenvalue weighted by molar-refractivity contribution is 0.209. The highest BCUT2D eigenvalue weighted by Crippen LogP contribution is 2.14. The van der Waals surface area contributed by atoms with E-state index in [1.807, 2.05) is 18.0 Å². The van der Waals surface area contributed by atoms with Crippen molar-refractivity contribution < 1.29 is 4.39 Å². The summed E-state index contributed by atoms with van der Waals surface area (Å²) < 4.78 is 13.3. The molecule has 1 heterocycles. The van der Waals surface area contributed by atoms with Crippen LogP contribution in [0.15, 0.2) is 29.3 Å². The minimum atomic E-state index is -0.195. The third-order valence-corrected chi connectivity index (χ3v) is 4.15. The average Bonchev–Trinajstić information content (AvgIpc) is 2.48. The van der Waals surface area contributed by atoms with Gasteiger partial charge in [-0.1, -0.05) is 12.1 Å². The molecule has 2 rings (SSSR count). The van der Waals surface area contributed by atoms with Crippen LogP contribution in [0.2, 0.25) is 0 Å². The van der Waals surface area contributed by atoms with Crippen LogP contribution in [-0.2, 0) is 6.54 Å². The van der Waals surface area contributed by atoms with Crippen LogP contribution in [-0.4, -0.2) is 56.5 Å². The van der Waals surface area contributed by atoms with Crippen LogP contribution in [0, 0.1) is 11.7 Å². The Labute approximate surface area is 133 Å². The molecule has 1 aliphatic rings. The summed E-state index contributed by atoms with van der Waals surface area (Å²) in [4.78, 5) is 8.75. The summed E-state index contributed by atoms with van der Waals surface area (Å²) in [6.45, 7) is 3.91. The van der Waals surface area contributed by atoms with Gasteiger partial charge in [0.05, 0.1) is 0 Å². The zero-order valence-electron chi connectivity index (χ0n) is 13.8. The first-order chi connectivity index (χ1) is 10.6. The Morgan fingerprint density at radius 1 is 1.50 bits per heavy atom. The second-order valence-electron chi connectivity index (χ2n) is 6.18. The SMILES string of the molecule is CN=C(NCC1CCCN(C)C1)N(C)Cc1cccc(F)c1. The summed E-state index contributed by atoms with van der Waals surface area (Å²) >= 11 is 0. The van der Waals surface area contributed by atoms with Crippen molar-refractivity contribution >= 4 is 5.96 Å². The molecule has 5 heteroatoms. The smallest absolute Gasteiger partial charge is 0.193 e. The van der Waals surface area contributed by atoms with Crippen molar-refractivity contribution in [1.29, 1.82) is 0 Å². The van der Waals surface area contributed by atoms with E-state index in [2.05, 4.69) is 22.3 Å². The Morgan fingerprint density at radius 3 is 3.00 bits per heavy atom. The van der Waals surface area contributed by atoms with Crippen molar-refractivity contribution in [1.82, 2.24) is 15.1 Å². The van der Waals surface area contributed by atoms with Crippen molar-refractivity contribution in [3.63, 3.8) is 0 Å². The molecule has 0 amide bonds. The highest BCUT2D eigenvalue weighted by molar-refractivity contribution is 5.79. The van der Waals surface area contributed by atoms with Crippen LogP contribution in [0.5, 0.6) is 0 Å². The van der Waals surface area contributed by atoms with Crippen LogP contribution < -0.4 is 5.32 Å². The van der Waals surface area contributed by atoms with Crippen LogP contribution in [0.1, 0.15) is 18.4 Å². The molecule has 4 nitrogen and oxygen atoms in total. The number of hydrogen-bond donors (Lipinski definition) is 1. The van der Waals surface area contributed by atoms with E-state index in [1.165, 1.54) is 25.5 Å². The maximum atomic E-state index is 13.3. The van der Waals surface area contributed by atoms with E-state index < -0.39 is 0 Å². The number of halogens is 1. The first-order valence-corrected chi connectivity index (χ1v) is 7.93. The summed E-state index contributed by atoms with van der Waals surface area (Å²) in [5.41, 5.74) is 0.947. The standard InChI is InChI=1S/C17H27FN4/c1-19-17(20-11-15-7-5-9-21(2)12-15)22(3)13-14-6-4-8-16(18)10-14/h4,6,8,10,15H,5,7,9,11-13H2,1-3H3,(H,19,20). The molecular formula is C17H27FN4. The average molecular weight is 306 g/mol. The zero-order valence-corrected chi connectivity index (χ0v) is 13.8. The molecule has 1 saturated heterocycles. The Kier molecular flexibility index (Phi) is 6.19. The van der Waals surface area contributed by atoms with Gasteiger partial charge in [-0.25, -0.2) is 4.39 Å². The van der Waals surface area contributed by atoms with Crippen LogP contribution in [0.4, 0.5) is 4.39 Å². The molecule has 1 unspecified atom stereocenters. The van der Waals surface area contributed by atoms with Gasteiger partial charge < -0.3 is 15.1 Å². The third-order valence-electron chi connectivity index (χ3n) is 4.15. The maximum Gasteiger partial charge on any atom is 0.193 e. The molecule has 0 spiro atoms. The number of nitrogens with one attached hydrogen (secondary N) is 1. The molecule has 0 saturated carbocycles. The number of aliphatic imine (C=N–C) groups is 1. The van der Waals surface area contributed by atoms with Gasteiger partial charge in [0.15, 0.2) is 5.96 Å².